The molecule has 6 heteroatoms. The third kappa shape index (κ3) is 2.14. The molecule has 1 aromatic carbocycles. The number of hydrogen-bond acceptors (Lipinski definition) is 5. The van der Waals surface area contributed by atoms with Gasteiger partial charge in [0.2, 0.25) is 0 Å². The lowest BCUT2D eigenvalue weighted by Gasteiger charge is -2.06. The monoisotopic (exact) mass is 254 g/mol. The van der Waals surface area contributed by atoms with Crippen LogP contribution in [0.3, 0.4) is 0 Å². The van der Waals surface area contributed by atoms with E-state index in [1.807, 2.05) is 0 Å². The summed E-state index contributed by atoms with van der Waals surface area (Å²) >= 11 is 5.97. The summed E-state index contributed by atoms with van der Waals surface area (Å²) in [7, 11) is 3.13. The number of benzene rings is 1. The second-order valence-electron chi connectivity index (χ2n) is 3.31. The van der Waals surface area contributed by atoms with Crippen molar-refractivity contribution in [3.8, 4) is 22.8 Å². The molecule has 1 aromatic heterocycles. The molecule has 2 N–H and O–H groups in total. The summed E-state index contributed by atoms with van der Waals surface area (Å²) in [5.74, 6) is 1.81. The number of halogens is 1. The maximum Gasteiger partial charge on any atom is 0.187 e. The van der Waals surface area contributed by atoms with Gasteiger partial charge in [0.1, 0.15) is 16.5 Å². The Morgan fingerprint density at radius 2 is 1.76 bits per heavy atom. The number of hydrogen-bond donors (Lipinski definition) is 1. The van der Waals surface area contributed by atoms with Crippen LogP contribution in [0.4, 0.5) is 5.82 Å². The Labute approximate surface area is 103 Å². The molecular weight excluding hydrogens is 244 g/mol. The van der Waals surface area contributed by atoms with Crippen molar-refractivity contribution in [1.82, 2.24) is 5.16 Å². The Morgan fingerprint density at radius 1 is 1.18 bits per heavy atom. The third-order valence-corrected chi connectivity index (χ3v) is 2.64. The number of anilines is 1. The molecule has 0 saturated carbocycles. The van der Waals surface area contributed by atoms with Crippen molar-refractivity contribution in [1.29, 1.82) is 0 Å². The molecule has 0 radical (unpaired) electrons. The summed E-state index contributed by atoms with van der Waals surface area (Å²) in [5.41, 5.74) is 6.21. The number of nitrogen functional groups attached to an aromatic ring is 1. The van der Waals surface area contributed by atoms with E-state index >= 15 is 0 Å². The molecule has 0 spiro atoms. The number of nitrogens with zero attached hydrogens (tertiary/aromatic N) is 1. The van der Waals surface area contributed by atoms with E-state index in [9.17, 15) is 0 Å². The van der Waals surface area contributed by atoms with E-state index in [1.165, 1.54) is 0 Å². The van der Waals surface area contributed by atoms with Crippen molar-refractivity contribution in [3.63, 3.8) is 0 Å². The van der Waals surface area contributed by atoms with Gasteiger partial charge in [-0.05, 0) is 12.1 Å². The minimum absolute atomic E-state index is 0.156. The lowest BCUT2D eigenvalue weighted by molar-refractivity contribution is 0.393. The largest absolute Gasteiger partial charge is 0.497 e. The summed E-state index contributed by atoms with van der Waals surface area (Å²) in [5, 5.41) is 3.87. The fourth-order valence-corrected chi connectivity index (χ4v) is 1.59. The first-order chi connectivity index (χ1) is 8.15. The Morgan fingerprint density at radius 3 is 2.18 bits per heavy atom. The second-order valence-corrected chi connectivity index (χ2v) is 3.69. The molecule has 0 aliphatic heterocycles. The highest BCUT2D eigenvalue weighted by molar-refractivity contribution is 6.35. The highest BCUT2D eigenvalue weighted by Crippen LogP contribution is 2.36. The molecule has 0 amide bonds. The molecule has 0 aliphatic rings. The molecule has 2 rings (SSSR count). The van der Waals surface area contributed by atoms with Crippen LogP contribution in [0.1, 0.15) is 0 Å². The average molecular weight is 255 g/mol. The highest BCUT2D eigenvalue weighted by Gasteiger charge is 2.15. The van der Waals surface area contributed by atoms with Gasteiger partial charge < -0.3 is 19.7 Å². The number of rotatable bonds is 3. The van der Waals surface area contributed by atoms with E-state index in [0.29, 0.717) is 22.8 Å². The van der Waals surface area contributed by atoms with Crippen LogP contribution in [-0.4, -0.2) is 19.4 Å². The van der Waals surface area contributed by atoms with E-state index in [-0.39, 0.29) is 10.8 Å². The Hall–Kier alpha value is -1.88. The van der Waals surface area contributed by atoms with Crippen LogP contribution in [0.15, 0.2) is 22.7 Å². The minimum atomic E-state index is 0.156. The van der Waals surface area contributed by atoms with E-state index in [2.05, 4.69) is 5.16 Å². The second kappa shape index (κ2) is 4.55. The summed E-state index contributed by atoms with van der Waals surface area (Å²) in [6.45, 7) is 0. The fraction of sp³-hybridized carbons (Fsp3) is 0.182. The van der Waals surface area contributed by atoms with Crippen LogP contribution in [0.5, 0.6) is 11.5 Å². The van der Waals surface area contributed by atoms with Crippen LogP contribution < -0.4 is 15.2 Å². The lowest BCUT2D eigenvalue weighted by Crippen LogP contribution is -1.88. The van der Waals surface area contributed by atoms with Gasteiger partial charge in [0.15, 0.2) is 11.6 Å². The fourth-order valence-electron chi connectivity index (χ4n) is 1.41. The Kier molecular flexibility index (Phi) is 3.10. The van der Waals surface area contributed by atoms with Gasteiger partial charge in [-0.1, -0.05) is 16.8 Å². The minimum Gasteiger partial charge on any atom is -0.497 e. The van der Waals surface area contributed by atoms with E-state index in [1.54, 1.807) is 32.4 Å². The topological polar surface area (TPSA) is 70.5 Å². The van der Waals surface area contributed by atoms with Gasteiger partial charge in [0, 0.05) is 11.6 Å². The van der Waals surface area contributed by atoms with Crippen LogP contribution in [-0.2, 0) is 0 Å². The van der Waals surface area contributed by atoms with Crippen molar-refractivity contribution in [3.05, 3.63) is 23.2 Å². The standard InChI is InChI=1S/C11H11ClN2O3/c1-15-7-3-6(4-8(5-7)16-2)10-9(12)11(13)14-17-10/h3-5H,1-2H3,(H2,13,14). The summed E-state index contributed by atoms with van der Waals surface area (Å²) in [6.07, 6.45) is 0. The molecule has 0 aliphatic carbocycles. The maximum absolute atomic E-state index is 5.97. The zero-order chi connectivity index (χ0) is 12.4. The van der Waals surface area contributed by atoms with Crippen molar-refractivity contribution in [2.75, 3.05) is 20.0 Å². The zero-order valence-corrected chi connectivity index (χ0v) is 10.1. The number of aromatic nitrogens is 1. The van der Waals surface area contributed by atoms with Crippen LogP contribution >= 0.6 is 11.6 Å². The summed E-state index contributed by atoms with van der Waals surface area (Å²) in [6, 6.07) is 5.26. The SMILES string of the molecule is COc1cc(OC)cc(-c2onc(N)c2Cl)c1. The quantitative estimate of drug-likeness (QED) is 0.912. The van der Waals surface area contributed by atoms with Gasteiger partial charge in [0.05, 0.1) is 14.2 Å². The van der Waals surface area contributed by atoms with Gasteiger partial charge in [-0.15, -0.1) is 0 Å². The first-order valence-corrected chi connectivity index (χ1v) is 5.17. The molecule has 17 heavy (non-hydrogen) atoms. The Bertz CT molecular complexity index is 517. The first kappa shape index (κ1) is 11.6. The van der Waals surface area contributed by atoms with Gasteiger partial charge in [0.25, 0.3) is 0 Å². The smallest absolute Gasteiger partial charge is 0.187 e. The van der Waals surface area contributed by atoms with Gasteiger partial charge in [-0.2, -0.15) is 0 Å². The summed E-state index contributed by atoms with van der Waals surface area (Å²) in [4.78, 5) is 0. The predicted octanol–water partition coefficient (Wildman–Crippen LogP) is 2.59. The molecule has 90 valence electrons. The Balaban J connectivity index is 2.54. The van der Waals surface area contributed by atoms with Gasteiger partial charge >= 0.3 is 0 Å². The summed E-state index contributed by atoms with van der Waals surface area (Å²) < 4.78 is 15.4. The first-order valence-electron chi connectivity index (χ1n) is 4.79. The maximum atomic E-state index is 5.97. The molecule has 0 atom stereocenters. The molecule has 0 saturated heterocycles. The third-order valence-electron chi connectivity index (χ3n) is 2.27. The van der Waals surface area contributed by atoms with Gasteiger partial charge in [-0.25, -0.2) is 0 Å². The van der Waals surface area contributed by atoms with E-state index < -0.39 is 0 Å². The molecule has 0 unspecified atom stereocenters. The molecule has 0 bridgehead atoms. The van der Waals surface area contributed by atoms with Crippen molar-refractivity contribution < 1.29 is 14.0 Å². The van der Waals surface area contributed by atoms with Crippen LogP contribution in [0.2, 0.25) is 5.02 Å². The van der Waals surface area contributed by atoms with Crippen molar-refractivity contribution in [2.45, 2.75) is 0 Å². The van der Waals surface area contributed by atoms with E-state index in [0.717, 1.165) is 0 Å². The molecule has 1 heterocycles. The van der Waals surface area contributed by atoms with Crippen molar-refractivity contribution >= 4 is 17.4 Å². The lowest BCUT2D eigenvalue weighted by atomic mass is 10.1. The number of nitrogens with two attached hydrogens (primary N) is 1. The van der Waals surface area contributed by atoms with E-state index in [4.69, 9.17) is 31.3 Å². The van der Waals surface area contributed by atoms with Crippen molar-refractivity contribution in [2.24, 2.45) is 0 Å². The zero-order valence-electron chi connectivity index (χ0n) is 9.36. The highest BCUT2D eigenvalue weighted by atomic mass is 35.5. The predicted molar refractivity (Wildman–Crippen MR) is 64.5 cm³/mol. The number of methoxy groups -OCH3 is 2. The molecule has 0 fully saturated rings. The number of ether oxygens (including phenoxy) is 2. The van der Waals surface area contributed by atoms with Crippen LogP contribution in [0, 0.1) is 0 Å². The van der Waals surface area contributed by atoms with Crippen LogP contribution in [0.25, 0.3) is 11.3 Å². The average Bonchev–Trinajstić information content (AvgIpc) is 2.69. The normalized spacial score (nSPS) is 10.3. The van der Waals surface area contributed by atoms with Gasteiger partial charge in [-0.3, -0.25) is 0 Å². The molecule has 5 nitrogen and oxygen atoms in total. The molecular formula is C11H11ClN2O3. The molecule has 2 aromatic rings.